The third-order valence-corrected chi connectivity index (χ3v) is 8.15. The summed E-state index contributed by atoms with van der Waals surface area (Å²) in [7, 11) is -4.02. The van der Waals surface area contributed by atoms with Crippen LogP contribution in [0.5, 0.6) is 5.75 Å². The van der Waals surface area contributed by atoms with Crippen LogP contribution in [0, 0.1) is 17.3 Å². The molecule has 1 aromatic rings. The Kier molecular flexibility index (Phi) is 5.47. The fourth-order valence-corrected chi connectivity index (χ4v) is 6.44. The van der Waals surface area contributed by atoms with Gasteiger partial charge in [0.1, 0.15) is 5.75 Å². The summed E-state index contributed by atoms with van der Waals surface area (Å²) in [4.78, 5) is 12.9. The maximum Gasteiger partial charge on any atom is 0.380 e. The predicted octanol–water partition coefficient (Wildman–Crippen LogP) is 3.58. The number of fused-ring (bicyclic) bond motifs is 5. The number of aryl methyl sites for hydroxylation is 1. The molecule has 1 fully saturated rings. The average Bonchev–Trinajstić information content (AvgIpc) is 3.03. The van der Waals surface area contributed by atoms with Gasteiger partial charge in [-0.15, -0.1) is 0 Å². The minimum absolute atomic E-state index is 0.0626. The zero-order chi connectivity index (χ0) is 21.7. The van der Waals surface area contributed by atoms with E-state index in [1.807, 2.05) is 12.1 Å². The molecule has 6 nitrogen and oxygen atoms in total. The van der Waals surface area contributed by atoms with Crippen molar-refractivity contribution in [1.82, 2.24) is 5.32 Å². The van der Waals surface area contributed by atoms with E-state index in [2.05, 4.69) is 32.2 Å². The fourth-order valence-electron chi connectivity index (χ4n) is 6.07. The van der Waals surface area contributed by atoms with Crippen LogP contribution in [-0.2, 0) is 21.5 Å². The third-order valence-electron chi connectivity index (χ3n) is 7.73. The minimum Gasteiger partial charge on any atom is -0.371 e. The number of hydrogen-bond acceptors (Lipinski definition) is 4. The summed E-state index contributed by atoms with van der Waals surface area (Å²) in [5.41, 5.74) is 3.37. The van der Waals surface area contributed by atoms with Crippen molar-refractivity contribution >= 4 is 16.2 Å². The van der Waals surface area contributed by atoms with Crippen LogP contribution >= 0.6 is 0 Å². The monoisotopic (exact) mass is 432 g/mol. The SMILES string of the molecule is CCC(C)NC(=O)C1=CCC2C3CCc4cc(OS(N)(=O)=O)ccc4C3CC[C@]12C. The molecule has 0 aliphatic heterocycles. The highest BCUT2D eigenvalue weighted by atomic mass is 32.2. The molecule has 4 rings (SSSR count). The maximum atomic E-state index is 12.9. The van der Waals surface area contributed by atoms with Gasteiger partial charge in [-0.1, -0.05) is 26.0 Å². The highest BCUT2D eigenvalue weighted by Gasteiger charge is 2.53. The molecule has 3 aliphatic rings. The number of rotatable bonds is 5. The Hall–Kier alpha value is -1.86. The van der Waals surface area contributed by atoms with Gasteiger partial charge in [0.05, 0.1) is 0 Å². The lowest BCUT2D eigenvalue weighted by molar-refractivity contribution is -0.119. The Morgan fingerprint density at radius 1 is 1.37 bits per heavy atom. The van der Waals surface area contributed by atoms with Crippen LogP contribution in [0.25, 0.3) is 0 Å². The molecule has 0 bridgehead atoms. The molecule has 1 saturated carbocycles. The maximum absolute atomic E-state index is 12.9. The van der Waals surface area contributed by atoms with Crippen LogP contribution in [0.4, 0.5) is 0 Å². The van der Waals surface area contributed by atoms with Crippen LogP contribution in [0.3, 0.4) is 0 Å². The number of nitrogens with one attached hydrogen (secondary N) is 1. The van der Waals surface area contributed by atoms with Crippen molar-refractivity contribution < 1.29 is 17.4 Å². The summed E-state index contributed by atoms with van der Waals surface area (Å²) in [6.07, 6.45) is 8.04. The smallest absolute Gasteiger partial charge is 0.371 e. The van der Waals surface area contributed by atoms with Crippen LogP contribution < -0.4 is 14.6 Å². The Balaban J connectivity index is 1.55. The quantitative estimate of drug-likeness (QED) is 0.743. The largest absolute Gasteiger partial charge is 0.380 e. The summed E-state index contributed by atoms with van der Waals surface area (Å²) >= 11 is 0. The summed E-state index contributed by atoms with van der Waals surface area (Å²) < 4.78 is 27.4. The van der Waals surface area contributed by atoms with Gasteiger partial charge in [-0.25, -0.2) is 0 Å². The van der Waals surface area contributed by atoms with Gasteiger partial charge in [0, 0.05) is 17.0 Å². The van der Waals surface area contributed by atoms with E-state index in [9.17, 15) is 13.2 Å². The van der Waals surface area contributed by atoms with E-state index in [4.69, 9.17) is 9.32 Å². The van der Waals surface area contributed by atoms with Gasteiger partial charge in [-0.2, -0.15) is 13.6 Å². The molecule has 3 aliphatic carbocycles. The number of benzene rings is 1. The number of amides is 1. The van der Waals surface area contributed by atoms with Crippen LogP contribution in [0.2, 0.25) is 0 Å². The van der Waals surface area contributed by atoms with Crippen molar-refractivity contribution in [1.29, 1.82) is 0 Å². The average molecular weight is 433 g/mol. The van der Waals surface area contributed by atoms with Gasteiger partial charge in [0.25, 0.3) is 0 Å². The molecule has 1 aromatic carbocycles. The molecule has 0 radical (unpaired) electrons. The molecular formula is C23H32N2O4S. The van der Waals surface area contributed by atoms with E-state index >= 15 is 0 Å². The second-order valence-corrected chi connectivity index (χ2v) is 10.6. The van der Waals surface area contributed by atoms with Crippen LogP contribution in [-0.4, -0.2) is 20.4 Å². The number of carbonyl (C=O) groups is 1. The summed E-state index contributed by atoms with van der Waals surface area (Å²) in [6, 6.07) is 5.72. The number of carbonyl (C=O) groups excluding carboxylic acids is 1. The van der Waals surface area contributed by atoms with Gasteiger partial charge in [-0.3, -0.25) is 4.79 Å². The Labute approximate surface area is 179 Å². The highest BCUT2D eigenvalue weighted by Crippen LogP contribution is 2.61. The van der Waals surface area contributed by atoms with Crippen molar-refractivity contribution in [2.45, 2.75) is 71.3 Å². The normalized spacial score (nSPS) is 31.1. The zero-order valence-corrected chi connectivity index (χ0v) is 18.8. The molecule has 3 N–H and O–H groups in total. The first-order valence-electron chi connectivity index (χ1n) is 11.0. The molecule has 7 heteroatoms. The van der Waals surface area contributed by atoms with Crippen molar-refractivity contribution in [2.75, 3.05) is 0 Å². The van der Waals surface area contributed by atoms with E-state index < -0.39 is 10.3 Å². The number of nitrogens with two attached hydrogens (primary N) is 1. The summed E-state index contributed by atoms with van der Waals surface area (Å²) in [6.45, 7) is 6.42. The Morgan fingerprint density at radius 3 is 2.83 bits per heavy atom. The second kappa shape index (κ2) is 7.68. The second-order valence-electron chi connectivity index (χ2n) is 9.44. The molecule has 164 valence electrons. The molecule has 1 amide bonds. The zero-order valence-electron chi connectivity index (χ0n) is 18.0. The van der Waals surface area contributed by atoms with Crippen molar-refractivity contribution in [2.24, 2.45) is 22.4 Å². The first-order chi connectivity index (χ1) is 14.1. The van der Waals surface area contributed by atoms with E-state index in [0.29, 0.717) is 17.8 Å². The minimum atomic E-state index is -4.02. The molecular weight excluding hydrogens is 400 g/mol. The molecule has 30 heavy (non-hydrogen) atoms. The van der Waals surface area contributed by atoms with Crippen molar-refractivity contribution in [3.63, 3.8) is 0 Å². The molecule has 0 heterocycles. The number of allylic oxidation sites excluding steroid dienone is 1. The van der Waals surface area contributed by atoms with E-state index in [0.717, 1.165) is 49.7 Å². The topological polar surface area (TPSA) is 98.5 Å². The van der Waals surface area contributed by atoms with Gasteiger partial charge >= 0.3 is 10.3 Å². The van der Waals surface area contributed by atoms with Gasteiger partial charge < -0.3 is 9.50 Å². The highest BCUT2D eigenvalue weighted by molar-refractivity contribution is 7.84. The van der Waals surface area contributed by atoms with Gasteiger partial charge in [0.15, 0.2) is 0 Å². The molecule has 0 saturated heterocycles. The Bertz CT molecular complexity index is 987. The molecule has 5 atom stereocenters. The van der Waals surface area contributed by atoms with E-state index in [1.165, 1.54) is 5.56 Å². The lowest BCUT2D eigenvalue weighted by Crippen LogP contribution is -2.44. The van der Waals surface area contributed by atoms with Crippen LogP contribution in [0.1, 0.15) is 69.9 Å². The molecule has 4 unspecified atom stereocenters. The molecule has 0 aromatic heterocycles. The summed E-state index contributed by atoms with van der Waals surface area (Å²) in [5, 5.41) is 8.17. The van der Waals surface area contributed by atoms with Crippen molar-refractivity contribution in [3.8, 4) is 5.75 Å². The Morgan fingerprint density at radius 2 is 2.13 bits per heavy atom. The number of hydrogen-bond donors (Lipinski definition) is 2. The standard InChI is InChI=1S/C23H32N2O4S/c1-4-14(2)25-22(26)21-10-9-20-19-7-5-15-13-16(29-30(24,27)28)6-8-17(15)18(19)11-12-23(20,21)3/h6,8,10,13-14,18-20H,4-5,7,9,11-12H2,1-3H3,(H,25,26)(H2,24,27,28)/t14?,18?,19?,20?,23-/m0/s1. The van der Waals surface area contributed by atoms with Gasteiger partial charge in [-0.05, 0) is 86.5 Å². The van der Waals surface area contributed by atoms with E-state index in [-0.39, 0.29) is 23.1 Å². The molecule has 0 spiro atoms. The van der Waals surface area contributed by atoms with E-state index in [1.54, 1.807) is 6.07 Å². The predicted molar refractivity (Wildman–Crippen MR) is 116 cm³/mol. The first kappa shape index (κ1) is 21.4. The van der Waals surface area contributed by atoms with Gasteiger partial charge in [0.2, 0.25) is 5.91 Å². The lowest BCUT2D eigenvalue weighted by atomic mass is 9.54. The fraction of sp³-hybridized carbons (Fsp3) is 0.609. The first-order valence-corrected chi connectivity index (χ1v) is 12.5. The third kappa shape index (κ3) is 3.78. The lowest BCUT2D eigenvalue weighted by Gasteiger charge is -2.50. The summed E-state index contributed by atoms with van der Waals surface area (Å²) in [5.74, 6) is 1.84. The van der Waals surface area contributed by atoms with Crippen molar-refractivity contribution in [3.05, 3.63) is 41.0 Å². The van der Waals surface area contributed by atoms with Crippen LogP contribution in [0.15, 0.2) is 29.8 Å².